The monoisotopic (exact) mass is 1200 g/mol. The number of amides is 4. The number of likely N-dealkylation sites (tertiary alicyclic amines) is 1. The molecule has 4 amide bonds. The van der Waals surface area contributed by atoms with Gasteiger partial charge in [0.1, 0.15) is 46.6 Å². The molecule has 0 bridgehead atoms. The number of hydrogen-bond acceptors (Lipinski definition) is 17. The molecule has 0 radical (unpaired) electrons. The predicted octanol–water partition coefficient (Wildman–Crippen LogP) is 10.0. The number of benzene rings is 3. The Balaban J connectivity index is 0.746. The highest BCUT2D eigenvalue weighted by Gasteiger charge is 2.41. The van der Waals surface area contributed by atoms with Gasteiger partial charge in [0.25, 0.3) is 5.91 Å². The number of ketones is 1. The van der Waals surface area contributed by atoms with E-state index in [1.165, 1.54) is 23.3 Å². The third-order valence-electron chi connectivity index (χ3n) is 14.9. The highest BCUT2D eigenvalue weighted by molar-refractivity contribution is 7.14. The first-order valence-electron chi connectivity index (χ1n) is 30.2. The molecular weight excluding hydrogens is 1110 g/mol. The molecule has 3 aromatic carbocycles. The number of carbonyl (C=O) groups is 5. The van der Waals surface area contributed by atoms with Crippen LogP contribution in [0, 0.1) is 5.92 Å². The fourth-order valence-electron chi connectivity index (χ4n) is 10.0. The maximum absolute atomic E-state index is 14.5. The number of nitrogens with one attached hydrogen (secondary N) is 4. The third kappa shape index (κ3) is 20.2. The molecule has 22 heteroatoms. The van der Waals surface area contributed by atoms with E-state index in [1.54, 1.807) is 82.6 Å². The van der Waals surface area contributed by atoms with Crippen LogP contribution in [0.2, 0.25) is 0 Å². The molecule has 7 rings (SSSR count). The second-order valence-electron chi connectivity index (χ2n) is 22.7. The maximum Gasteiger partial charge on any atom is 0.410 e. The summed E-state index contributed by atoms with van der Waals surface area (Å²) < 4.78 is 29.2. The zero-order chi connectivity index (χ0) is 61.4. The maximum atomic E-state index is 14.5. The van der Waals surface area contributed by atoms with Crippen LogP contribution in [0.25, 0.3) is 5.70 Å². The van der Waals surface area contributed by atoms with Gasteiger partial charge in [-0.3, -0.25) is 34.2 Å². The summed E-state index contributed by atoms with van der Waals surface area (Å²) in [5.74, 6) is 1.29. The molecule has 4 atom stereocenters. The molecule has 5 aromatic rings. The Morgan fingerprint density at radius 3 is 2.33 bits per heavy atom. The van der Waals surface area contributed by atoms with Gasteiger partial charge in [0.05, 0.1) is 42.4 Å². The quantitative estimate of drug-likeness (QED) is 0.0152. The Labute approximate surface area is 509 Å². The van der Waals surface area contributed by atoms with E-state index in [0.717, 1.165) is 81.2 Å². The normalized spacial score (nSPS) is 15.9. The molecule has 2 aliphatic rings. The van der Waals surface area contributed by atoms with Crippen LogP contribution in [0.3, 0.4) is 0 Å². The van der Waals surface area contributed by atoms with Crippen LogP contribution in [0.5, 0.6) is 11.5 Å². The van der Waals surface area contributed by atoms with Crippen molar-refractivity contribution >= 4 is 58.5 Å². The Hall–Kier alpha value is -7.69. The molecule has 21 nitrogen and oxygen atoms in total. The molecule has 86 heavy (non-hydrogen) atoms. The molecule has 1 aliphatic carbocycles. The van der Waals surface area contributed by atoms with Gasteiger partial charge in [-0.15, -0.1) is 11.3 Å². The van der Waals surface area contributed by atoms with Crippen molar-refractivity contribution in [2.75, 3.05) is 65.1 Å². The Bertz CT molecular complexity index is 3060. The summed E-state index contributed by atoms with van der Waals surface area (Å²) in [7, 11) is 1.52. The number of carbonyl (C=O) groups excluding carboxylic acids is 5. The minimum atomic E-state index is -0.862. The summed E-state index contributed by atoms with van der Waals surface area (Å²) in [5, 5.41) is 17.2. The largest absolute Gasteiger partial charge is 0.494 e. The molecule has 1 saturated heterocycles. The molecular formula is C64H87N11O10S. The molecule has 1 aliphatic heterocycles. The van der Waals surface area contributed by atoms with Gasteiger partial charge in [-0.1, -0.05) is 49.6 Å². The second-order valence-corrected chi connectivity index (χ2v) is 23.7. The number of allylic oxidation sites excluding steroid dienone is 1. The first kappa shape index (κ1) is 65.8. The van der Waals surface area contributed by atoms with Gasteiger partial charge in [-0.2, -0.15) is 5.10 Å². The van der Waals surface area contributed by atoms with Gasteiger partial charge < -0.3 is 50.3 Å². The lowest BCUT2D eigenvalue weighted by Gasteiger charge is -2.36. The number of nitrogens with zero attached hydrogens (tertiary/aromatic N) is 6. The highest BCUT2D eigenvalue weighted by atomic mass is 32.1. The van der Waals surface area contributed by atoms with E-state index in [2.05, 4.69) is 41.1 Å². The Morgan fingerprint density at radius 2 is 1.55 bits per heavy atom. The predicted molar refractivity (Wildman–Crippen MR) is 332 cm³/mol. The Morgan fingerprint density at radius 1 is 0.837 bits per heavy atom. The van der Waals surface area contributed by atoms with Crippen LogP contribution in [0.1, 0.15) is 172 Å². The molecule has 6 N–H and O–H groups in total. The van der Waals surface area contributed by atoms with E-state index in [9.17, 15) is 24.0 Å². The number of thiazole rings is 1. The number of aliphatic imine (C=N–C) groups is 1. The van der Waals surface area contributed by atoms with E-state index in [0.29, 0.717) is 110 Å². The fraction of sp³-hybridized carbons (Fsp3) is 0.516. The SMILES string of the molecule is CCN=C/C=C(\N)c1n[nH]c(CNc2cccc(C(=O)N[C@H](C)c3cccc(OCCCCCOCCCOCCOc4cccc(C(=O)c5cnc([C@@H]6CCCN6C(=O)[C@@H](NC(=O)[C@H](C)N(C)C(=O)OC(C)(C)C)C6CCCCC6)s5)c4)c3)c2)n1. The number of unbranched alkanes of at least 4 members (excludes halogenated alkanes) is 2. The second kappa shape index (κ2) is 33.3. The van der Waals surface area contributed by atoms with E-state index >= 15 is 0 Å². The lowest BCUT2D eigenvalue weighted by atomic mass is 9.83. The topological polar surface area (TPSA) is 267 Å². The number of aromatic amines is 1. The summed E-state index contributed by atoms with van der Waals surface area (Å²) >= 11 is 1.29. The van der Waals surface area contributed by atoms with Gasteiger partial charge in [-0.25, -0.2) is 14.8 Å². The van der Waals surface area contributed by atoms with Crippen molar-refractivity contribution in [1.82, 2.24) is 40.6 Å². The average molecular weight is 1200 g/mol. The average Bonchev–Trinajstić information content (AvgIpc) is 4.18. The first-order valence-corrected chi connectivity index (χ1v) is 31.0. The van der Waals surface area contributed by atoms with Crippen LogP contribution in [0.4, 0.5) is 10.5 Å². The van der Waals surface area contributed by atoms with Gasteiger partial charge in [0, 0.05) is 69.2 Å². The lowest BCUT2D eigenvalue weighted by Crippen LogP contribution is -2.56. The van der Waals surface area contributed by atoms with Crippen LogP contribution in [-0.2, 0) is 30.3 Å². The molecule has 0 spiro atoms. The molecule has 2 aromatic heterocycles. The van der Waals surface area contributed by atoms with Crippen molar-refractivity contribution in [1.29, 1.82) is 0 Å². The Kier molecular flexibility index (Phi) is 25.5. The third-order valence-corrected chi connectivity index (χ3v) is 16.0. The zero-order valence-corrected chi connectivity index (χ0v) is 51.8. The summed E-state index contributed by atoms with van der Waals surface area (Å²) in [5.41, 5.74) is 8.41. The van der Waals surface area contributed by atoms with Crippen molar-refractivity contribution in [2.45, 2.75) is 148 Å². The van der Waals surface area contributed by atoms with Crippen molar-refractivity contribution in [3.05, 3.63) is 123 Å². The van der Waals surface area contributed by atoms with Crippen LogP contribution < -0.4 is 31.2 Å². The zero-order valence-electron chi connectivity index (χ0n) is 50.9. The molecule has 0 unspecified atom stereocenters. The van der Waals surface area contributed by atoms with Crippen molar-refractivity contribution < 1.29 is 47.7 Å². The van der Waals surface area contributed by atoms with E-state index in [4.69, 9.17) is 29.4 Å². The molecule has 2 fully saturated rings. The number of likely N-dealkylation sites (N-methyl/N-ethyl adjacent to an activating group) is 1. The van der Waals surface area contributed by atoms with Gasteiger partial charge in [-0.05, 0) is 153 Å². The summed E-state index contributed by atoms with van der Waals surface area (Å²) in [6.07, 6.45) is 13.9. The fourth-order valence-corrected chi connectivity index (χ4v) is 11.1. The van der Waals surface area contributed by atoms with Gasteiger partial charge in [0.2, 0.25) is 17.6 Å². The minimum absolute atomic E-state index is 0.0343. The molecule has 464 valence electrons. The van der Waals surface area contributed by atoms with E-state index in [-0.39, 0.29) is 35.6 Å². The number of aromatic nitrogens is 4. The number of H-pyrrole nitrogens is 1. The number of ether oxygens (including phenoxy) is 5. The minimum Gasteiger partial charge on any atom is -0.494 e. The van der Waals surface area contributed by atoms with Crippen LogP contribution in [-0.4, -0.2) is 143 Å². The summed E-state index contributed by atoms with van der Waals surface area (Å²) in [6, 6.07) is 19.9. The van der Waals surface area contributed by atoms with Crippen LogP contribution >= 0.6 is 11.3 Å². The lowest BCUT2D eigenvalue weighted by molar-refractivity contribution is -0.140. The smallest absolute Gasteiger partial charge is 0.410 e. The number of nitrogens with two attached hydrogens (primary N) is 1. The van der Waals surface area contributed by atoms with Crippen LogP contribution in [0.15, 0.2) is 90.1 Å². The molecule has 3 heterocycles. The molecule has 1 saturated carbocycles. The standard InChI is InChI=1S/C64H87N11O10S/c1-8-66-30-29-52(65)58-70-55(72-73-58)42-67-49-25-15-24-48(38-49)60(78)69-43(2)46-22-16-26-50(39-46)83-35-14-10-13-32-81-33-19-34-82-36-37-84-51-27-17-23-47(40-51)57(76)54-41-68-61(86-54)53-28-18-31-75(53)62(79)56(45-20-11-9-12-21-45)71-59(77)44(3)74(7)63(80)85-64(4,5)6/h15-17,22-27,29-30,38-41,43-45,53,56,67H,8-14,18-21,28,31-37,42,65H2,1-7H3,(H,69,78)(H,71,77)(H,70,72,73)/b52-29-,66-30?/t43-,44+,53+,56+/m1/s1. The van der Waals surface area contributed by atoms with Gasteiger partial charge in [0.15, 0.2) is 5.82 Å². The number of rotatable bonds is 32. The first-order chi connectivity index (χ1) is 41.5. The van der Waals surface area contributed by atoms with Crippen molar-refractivity contribution in [3.8, 4) is 11.5 Å². The van der Waals surface area contributed by atoms with Gasteiger partial charge >= 0.3 is 6.09 Å². The summed E-state index contributed by atoms with van der Waals surface area (Å²) in [4.78, 5) is 84.9. The number of anilines is 1. The van der Waals surface area contributed by atoms with Crippen molar-refractivity contribution in [3.63, 3.8) is 0 Å². The highest BCUT2D eigenvalue weighted by Crippen LogP contribution is 2.37. The van der Waals surface area contributed by atoms with E-state index < -0.39 is 29.7 Å². The number of hydrogen-bond donors (Lipinski definition) is 5. The van der Waals surface area contributed by atoms with E-state index in [1.807, 2.05) is 55.1 Å². The van der Waals surface area contributed by atoms with Crippen molar-refractivity contribution in [2.24, 2.45) is 16.6 Å². The summed E-state index contributed by atoms with van der Waals surface area (Å²) in [6.45, 7) is 15.4.